The Morgan fingerprint density at radius 1 is 1.71 bits per heavy atom. The molecule has 1 saturated heterocycles. The van der Waals surface area contributed by atoms with Gasteiger partial charge in [0.2, 0.25) is 6.23 Å². The largest absolute Gasteiger partial charge is 0.436 e. The fourth-order valence-corrected chi connectivity index (χ4v) is 1.73. The highest BCUT2D eigenvalue weighted by Gasteiger charge is 2.47. The van der Waals surface area contributed by atoms with E-state index < -0.39 is 42.1 Å². The normalized spacial score (nSPS) is 32.9. The maximum absolute atomic E-state index is 13.4. The molecular formula is C8H10FN3O5. The van der Waals surface area contributed by atoms with E-state index in [4.69, 9.17) is 9.84 Å². The highest BCUT2D eigenvalue weighted by atomic mass is 19.1. The Morgan fingerprint density at radius 2 is 2.41 bits per heavy atom. The van der Waals surface area contributed by atoms with Crippen molar-refractivity contribution in [1.82, 2.24) is 9.55 Å². The third-order valence-corrected chi connectivity index (χ3v) is 2.55. The second kappa shape index (κ2) is 4.35. The Bertz CT molecular complexity index is 425. The summed E-state index contributed by atoms with van der Waals surface area (Å²) in [6.45, 7) is -0.614. The van der Waals surface area contributed by atoms with E-state index in [1.807, 2.05) is 0 Å². The maximum Gasteiger partial charge on any atom is 0.436 e. The molecule has 2 heterocycles. The summed E-state index contributed by atoms with van der Waals surface area (Å²) in [4.78, 5) is 13.3. The number of hydrogen-bond donors (Lipinski definition) is 2. The van der Waals surface area contributed by atoms with Crippen LogP contribution in [0.25, 0.3) is 0 Å². The fraction of sp³-hybridized carbons (Fsp3) is 0.625. The van der Waals surface area contributed by atoms with E-state index in [-0.39, 0.29) is 0 Å². The summed E-state index contributed by atoms with van der Waals surface area (Å²) in [6, 6.07) is 0. The van der Waals surface area contributed by atoms with Gasteiger partial charge in [-0.05, 0) is 4.92 Å². The summed E-state index contributed by atoms with van der Waals surface area (Å²) < 4.78 is 19.4. The smallest absolute Gasteiger partial charge is 0.394 e. The van der Waals surface area contributed by atoms with Crippen LogP contribution in [0.1, 0.15) is 6.23 Å². The summed E-state index contributed by atoms with van der Waals surface area (Å²) in [5, 5.41) is 29.0. The number of ether oxygens (including phenoxy) is 1. The Kier molecular flexibility index (Phi) is 3.05. The van der Waals surface area contributed by atoms with Crippen molar-refractivity contribution in [3.8, 4) is 0 Å². The number of alkyl halides is 1. The van der Waals surface area contributed by atoms with E-state index in [9.17, 15) is 19.6 Å². The fourth-order valence-electron chi connectivity index (χ4n) is 1.73. The van der Waals surface area contributed by atoms with Gasteiger partial charge in [0.15, 0.2) is 6.17 Å². The number of aliphatic hydroxyl groups excluding tert-OH is 2. The van der Waals surface area contributed by atoms with Crippen molar-refractivity contribution < 1.29 is 24.3 Å². The topological polar surface area (TPSA) is 111 Å². The van der Waals surface area contributed by atoms with Gasteiger partial charge in [0, 0.05) is 0 Å². The molecule has 8 nitrogen and oxygen atoms in total. The SMILES string of the molecule is O=[N+]([O-])c1nccn1[C@@H]1OC(CO)[C@@H](F)[C@H]1O. The van der Waals surface area contributed by atoms with Crippen LogP contribution in [0.2, 0.25) is 0 Å². The average Bonchev–Trinajstić information content (AvgIpc) is 2.86. The van der Waals surface area contributed by atoms with Crippen LogP contribution >= 0.6 is 0 Å². The predicted octanol–water partition coefficient (Wildman–Crippen LogP) is -0.620. The number of rotatable bonds is 3. The van der Waals surface area contributed by atoms with Gasteiger partial charge in [-0.1, -0.05) is 4.98 Å². The van der Waals surface area contributed by atoms with Gasteiger partial charge in [0.25, 0.3) is 0 Å². The molecule has 0 bridgehead atoms. The highest BCUT2D eigenvalue weighted by Crippen LogP contribution is 2.33. The zero-order chi connectivity index (χ0) is 12.6. The molecule has 94 valence electrons. The predicted molar refractivity (Wildman–Crippen MR) is 50.8 cm³/mol. The summed E-state index contributed by atoms with van der Waals surface area (Å²) in [7, 11) is 0. The van der Waals surface area contributed by atoms with Gasteiger partial charge < -0.3 is 25.1 Å². The van der Waals surface area contributed by atoms with Gasteiger partial charge in [-0.2, -0.15) is 4.57 Å². The van der Waals surface area contributed by atoms with Gasteiger partial charge in [0.05, 0.1) is 6.61 Å². The molecular weight excluding hydrogens is 237 g/mol. The van der Waals surface area contributed by atoms with Gasteiger partial charge in [-0.15, -0.1) is 0 Å². The molecule has 0 aromatic carbocycles. The van der Waals surface area contributed by atoms with Gasteiger partial charge in [0.1, 0.15) is 24.6 Å². The van der Waals surface area contributed by atoms with Crippen LogP contribution in [-0.4, -0.2) is 49.7 Å². The molecule has 1 aromatic heterocycles. The number of halogens is 1. The second-order valence-corrected chi connectivity index (χ2v) is 3.57. The monoisotopic (exact) mass is 247 g/mol. The Morgan fingerprint density at radius 3 is 2.94 bits per heavy atom. The summed E-state index contributed by atoms with van der Waals surface area (Å²) in [5.74, 6) is -0.556. The minimum Gasteiger partial charge on any atom is -0.394 e. The number of aliphatic hydroxyl groups is 2. The Balaban J connectivity index is 2.29. The number of nitrogens with zero attached hydrogens (tertiary/aromatic N) is 3. The van der Waals surface area contributed by atoms with Crippen molar-refractivity contribution in [3.63, 3.8) is 0 Å². The first-order valence-electron chi connectivity index (χ1n) is 4.82. The maximum atomic E-state index is 13.4. The van der Waals surface area contributed by atoms with Crippen LogP contribution in [0, 0.1) is 10.1 Å². The Labute approximate surface area is 94.4 Å². The second-order valence-electron chi connectivity index (χ2n) is 3.57. The minimum atomic E-state index is -1.80. The minimum absolute atomic E-state index is 0.556. The molecule has 1 fully saturated rings. The lowest BCUT2D eigenvalue weighted by atomic mass is 10.1. The highest BCUT2D eigenvalue weighted by molar-refractivity contribution is 5.09. The summed E-state index contributed by atoms with van der Waals surface area (Å²) in [5.41, 5.74) is 0. The molecule has 0 aliphatic carbocycles. The van der Waals surface area contributed by atoms with Crippen molar-refractivity contribution in [2.24, 2.45) is 0 Å². The van der Waals surface area contributed by atoms with Crippen molar-refractivity contribution in [2.45, 2.75) is 24.6 Å². The van der Waals surface area contributed by atoms with Gasteiger partial charge >= 0.3 is 5.95 Å². The molecule has 4 atom stereocenters. The number of nitro groups is 1. The molecule has 9 heteroatoms. The number of aromatic nitrogens is 2. The first-order valence-corrected chi connectivity index (χ1v) is 4.82. The molecule has 1 unspecified atom stereocenters. The number of imidazole rings is 1. The van der Waals surface area contributed by atoms with Gasteiger partial charge in [-0.25, -0.2) is 4.39 Å². The lowest BCUT2D eigenvalue weighted by Crippen LogP contribution is -2.29. The zero-order valence-electron chi connectivity index (χ0n) is 8.51. The molecule has 0 spiro atoms. The van der Waals surface area contributed by atoms with Crippen LogP contribution in [0.5, 0.6) is 0 Å². The van der Waals surface area contributed by atoms with Crippen LogP contribution in [0.3, 0.4) is 0 Å². The van der Waals surface area contributed by atoms with E-state index >= 15 is 0 Å². The summed E-state index contributed by atoms with van der Waals surface area (Å²) >= 11 is 0. The van der Waals surface area contributed by atoms with Crippen molar-refractivity contribution >= 4 is 5.95 Å². The summed E-state index contributed by atoms with van der Waals surface area (Å²) in [6.07, 6.45) is -3.49. The molecule has 1 aliphatic heterocycles. The van der Waals surface area contributed by atoms with Gasteiger partial charge in [-0.3, -0.25) is 0 Å². The lowest BCUT2D eigenvalue weighted by Gasteiger charge is -2.12. The quantitative estimate of drug-likeness (QED) is 0.544. The molecule has 0 saturated carbocycles. The van der Waals surface area contributed by atoms with E-state index in [0.29, 0.717) is 0 Å². The van der Waals surface area contributed by atoms with Crippen molar-refractivity contribution in [1.29, 1.82) is 0 Å². The van der Waals surface area contributed by atoms with E-state index in [1.54, 1.807) is 0 Å². The molecule has 0 amide bonds. The van der Waals surface area contributed by atoms with Crippen molar-refractivity contribution in [2.75, 3.05) is 6.61 Å². The van der Waals surface area contributed by atoms with Crippen LogP contribution < -0.4 is 0 Å². The molecule has 1 aliphatic rings. The van der Waals surface area contributed by atoms with E-state index in [1.165, 1.54) is 6.20 Å². The third-order valence-electron chi connectivity index (χ3n) is 2.55. The van der Waals surface area contributed by atoms with Crippen LogP contribution in [0.4, 0.5) is 10.3 Å². The molecule has 1 aromatic rings. The van der Waals surface area contributed by atoms with E-state index in [0.717, 1.165) is 10.8 Å². The number of hydrogen-bond acceptors (Lipinski definition) is 6. The van der Waals surface area contributed by atoms with Crippen LogP contribution in [-0.2, 0) is 4.74 Å². The average molecular weight is 247 g/mol. The first-order chi connectivity index (χ1) is 8.06. The molecule has 0 radical (unpaired) electrons. The Hall–Kier alpha value is -1.58. The van der Waals surface area contributed by atoms with E-state index in [2.05, 4.69) is 4.98 Å². The molecule has 17 heavy (non-hydrogen) atoms. The lowest BCUT2D eigenvalue weighted by molar-refractivity contribution is -0.398. The molecule has 2 rings (SSSR count). The molecule has 2 N–H and O–H groups in total. The zero-order valence-corrected chi connectivity index (χ0v) is 8.51. The van der Waals surface area contributed by atoms with Crippen LogP contribution in [0.15, 0.2) is 12.4 Å². The van der Waals surface area contributed by atoms with Crippen molar-refractivity contribution in [3.05, 3.63) is 22.5 Å². The standard InChI is InChI=1S/C8H10FN3O5/c9-5-4(3-13)17-7(6(5)14)11-2-1-10-8(11)12(15)16/h1-2,4-7,13-14H,3H2/t4?,5-,6-,7-/m1/s1. The third kappa shape index (κ3) is 1.88. The first kappa shape index (κ1) is 11.9.